The van der Waals surface area contributed by atoms with Crippen molar-refractivity contribution in [1.82, 2.24) is 0 Å². The first-order valence-electron chi connectivity index (χ1n) is 6.88. The molecule has 0 fully saturated rings. The molecule has 0 saturated carbocycles. The second-order valence-electron chi connectivity index (χ2n) is 5.11. The van der Waals surface area contributed by atoms with Gasteiger partial charge in [0.15, 0.2) is 0 Å². The molecule has 0 radical (unpaired) electrons. The number of hydrogen-bond acceptors (Lipinski definition) is 3. The summed E-state index contributed by atoms with van der Waals surface area (Å²) in [6.07, 6.45) is 2.84. The van der Waals surface area contributed by atoms with Crippen molar-refractivity contribution in [1.29, 1.82) is 0 Å². The quantitative estimate of drug-likeness (QED) is 0.669. The lowest BCUT2D eigenvalue weighted by atomic mass is 9.89. The van der Waals surface area contributed by atoms with Crippen molar-refractivity contribution in [2.45, 2.75) is 25.4 Å². The molecular weight excluding hydrogens is 250 g/mol. The minimum Gasteiger partial charge on any atom is -0.454 e. The smallest absolute Gasteiger partial charge is 0.338 e. The summed E-state index contributed by atoms with van der Waals surface area (Å²) < 4.78 is 5.66. The Morgan fingerprint density at radius 2 is 2.00 bits per heavy atom. The highest BCUT2D eigenvalue weighted by atomic mass is 16.5. The number of carbonyl (C=O) groups is 1. The predicted molar refractivity (Wildman–Crippen MR) is 78.4 cm³/mol. The molecule has 3 heteroatoms. The first kappa shape index (κ1) is 12.7. The lowest BCUT2D eigenvalue weighted by molar-refractivity contribution is 0.0256. The largest absolute Gasteiger partial charge is 0.454 e. The third-order valence-corrected chi connectivity index (χ3v) is 3.69. The van der Waals surface area contributed by atoms with E-state index < -0.39 is 0 Å². The molecule has 0 heterocycles. The third kappa shape index (κ3) is 2.52. The topological polar surface area (TPSA) is 52.3 Å². The lowest BCUT2D eigenvalue weighted by Crippen LogP contribution is -2.17. The van der Waals surface area contributed by atoms with Crippen LogP contribution in [0.5, 0.6) is 0 Å². The summed E-state index contributed by atoms with van der Waals surface area (Å²) in [5.74, 6) is -0.306. The normalized spacial score (nSPS) is 17.3. The molecular formula is C17H17NO2. The van der Waals surface area contributed by atoms with E-state index in [1.54, 1.807) is 24.3 Å². The first-order chi connectivity index (χ1) is 9.74. The molecule has 0 amide bonds. The highest BCUT2D eigenvalue weighted by Crippen LogP contribution is 2.32. The van der Waals surface area contributed by atoms with E-state index in [1.165, 1.54) is 5.56 Å². The molecule has 0 aromatic heterocycles. The molecule has 3 nitrogen and oxygen atoms in total. The highest BCUT2D eigenvalue weighted by Gasteiger charge is 2.23. The molecule has 0 aliphatic heterocycles. The molecule has 2 N–H and O–H groups in total. The van der Waals surface area contributed by atoms with Crippen molar-refractivity contribution in [2.75, 3.05) is 5.73 Å². The molecule has 102 valence electrons. The molecule has 1 aliphatic carbocycles. The third-order valence-electron chi connectivity index (χ3n) is 3.69. The second kappa shape index (κ2) is 5.37. The van der Waals surface area contributed by atoms with Crippen LogP contribution in [0.4, 0.5) is 5.69 Å². The highest BCUT2D eigenvalue weighted by molar-refractivity contribution is 5.90. The Hall–Kier alpha value is -2.29. The van der Waals surface area contributed by atoms with Crippen molar-refractivity contribution >= 4 is 11.7 Å². The Balaban J connectivity index is 1.81. The van der Waals surface area contributed by atoms with Crippen LogP contribution < -0.4 is 5.73 Å². The fourth-order valence-corrected chi connectivity index (χ4v) is 2.69. The molecule has 0 bridgehead atoms. The van der Waals surface area contributed by atoms with Crippen LogP contribution in [0.2, 0.25) is 0 Å². The zero-order valence-corrected chi connectivity index (χ0v) is 11.2. The zero-order chi connectivity index (χ0) is 13.9. The Morgan fingerprint density at radius 1 is 1.15 bits per heavy atom. The van der Waals surface area contributed by atoms with E-state index in [0.29, 0.717) is 11.3 Å². The van der Waals surface area contributed by atoms with Crippen molar-refractivity contribution in [3.05, 3.63) is 65.2 Å². The monoisotopic (exact) mass is 267 g/mol. The summed E-state index contributed by atoms with van der Waals surface area (Å²) in [4.78, 5) is 12.2. The number of hydrogen-bond donors (Lipinski definition) is 1. The van der Waals surface area contributed by atoms with Gasteiger partial charge in [0.1, 0.15) is 6.10 Å². The van der Waals surface area contributed by atoms with Gasteiger partial charge in [0.05, 0.1) is 5.56 Å². The van der Waals surface area contributed by atoms with Gasteiger partial charge in [-0.1, -0.05) is 30.3 Å². The maximum absolute atomic E-state index is 12.2. The molecule has 20 heavy (non-hydrogen) atoms. The standard InChI is InChI=1S/C17H17NO2/c18-14-8-3-7-13(11-14)17(19)20-16-10-4-6-12-5-1-2-9-15(12)16/h1-3,5,7-9,11,16H,4,6,10,18H2. The summed E-state index contributed by atoms with van der Waals surface area (Å²) in [5.41, 5.74) is 9.20. The first-order valence-corrected chi connectivity index (χ1v) is 6.88. The van der Waals surface area contributed by atoms with Gasteiger partial charge in [-0.2, -0.15) is 0 Å². The summed E-state index contributed by atoms with van der Waals surface area (Å²) in [6, 6.07) is 15.1. The number of benzene rings is 2. The van der Waals surface area contributed by atoms with Crippen LogP contribution >= 0.6 is 0 Å². The SMILES string of the molecule is Nc1cccc(C(=O)OC2CCCc3ccccc32)c1. The van der Waals surface area contributed by atoms with Crippen LogP contribution in [0.25, 0.3) is 0 Å². The van der Waals surface area contributed by atoms with Crippen LogP contribution in [0.3, 0.4) is 0 Å². The molecule has 3 rings (SSSR count). The van der Waals surface area contributed by atoms with Crippen LogP contribution in [-0.4, -0.2) is 5.97 Å². The second-order valence-corrected chi connectivity index (χ2v) is 5.11. The number of anilines is 1. The Bertz CT molecular complexity index is 636. The number of esters is 1. The van der Waals surface area contributed by atoms with Gasteiger partial charge in [-0.3, -0.25) is 0 Å². The van der Waals surface area contributed by atoms with Gasteiger partial charge in [-0.25, -0.2) is 4.79 Å². The number of fused-ring (bicyclic) bond motifs is 1. The molecule has 1 aliphatic rings. The average molecular weight is 267 g/mol. The minimum atomic E-state index is -0.306. The summed E-state index contributed by atoms with van der Waals surface area (Å²) in [7, 11) is 0. The zero-order valence-electron chi connectivity index (χ0n) is 11.2. The van der Waals surface area contributed by atoms with Crippen LogP contribution in [0.1, 0.15) is 40.4 Å². The summed E-state index contributed by atoms with van der Waals surface area (Å²) in [6.45, 7) is 0. The van der Waals surface area contributed by atoms with E-state index in [2.05, 4.69) is 6.07 Å². The fraction of sp³-hybridized carbons (Fsp3) is 0.235. The van der Waals surface area contributed by atoms with Gasteiger partial charge in [-0.05, 0) is 48.6 Å². The number of rotatable bonds is 2. The van der Waals surface area contributed by atoms with Gasteiger partial charge < -0.3 is 10.5 Å². The number of nitrogens with two attached hydrogens (primary N) is 1. The van der Waals surface area contributed by atoms with Crippen molar-refractivity contribution in [3.8, 4) is 0 Å². The van der Waals surface area contributed by atoms with Gasteiger partial charge in [0.2, 0.25) is 0 Å². The predicted octanol–water partition coefficient (Wildman–Crippen LogP) is 3.50. The Kier molecular flexibility index (Phi) is 3.42. The van der Waals surface area contributed by atoms with Crippen molar-refractivity contribution < 1.29 is 9.53 Å². The molecule has 0 saturated heterocycles. The molecule has 2 aromatic rings. The number of nitrogen functional groups attached to an aromatic ring is 1. The van der Waals surface area contributed by atoms with Gasteiger partial charge in [-0.15, -0.1) is 0 Å². The molecule has 2 aromatic carbocycles. The van der Waals surface area contributed by atoms with E-state index in [1.807, 2.05) is 18.2 Å². The van der Waals surface area contributed by atoms with Crippen LogP contribution in [-0.2, 0) is 11.2 Å². The van der Waals surface area contributed by atoms with Crippen LogP contribution in [0, 0.1) is 0 Å². The fourth-order valence-electron chi connectivity index (χ4n) is 2.69. The van der Waals surface area contributed by atoms with Gasteiger partial charge in [0, 0.05) is 5.69 Å². The van der Waals surface area contributed by atoms with E-state index in [0.717, 1.165) is 24.8 Å². The van der Waals surface area contributed by atoms with Crippen molar-refractivity contribution in [3.63, 3.8) is 0 Å². The summed E-state index contributed by atoms with van der Waals surface area (Å²) in [5, 5.41) is 0. The average Bonchev–Trinajstić information content (AvgIpc) is 2.47. The number of ether oxygens (including phenoxy) is 1. The minimum absolute atomic E-state index is 0.145. The number of aryl methyl sites for hydroxylation is 1. The Morgan fingerprint density at radius 3 is 2.85 bits per heavy atom. The number of carbonyl (C=O) groups excluding carboxylic acids is 1. The molecule has 1 atom stereocenters. The summed E-state index contributed by atoms with van der Waals surface area (Å²) >= 11 is 0. The maximum atomic E-state index is 12.2. The van der Waals surface area contributed by atoms with E-state index >= 15 is 0 Å². The van der Waals surface area contributed by atoms with Gasteiger partial charge >= 0.3 is 5.97 Å². The lowest BCUT2D eigenvalue weighted by Gasteiger charge is -2.25. The maximum Gasteiger partial charge on any atom is 0.338 e. The van der Waals surface area contributed by atoms with Crippen LogP contribution in [0.15, 0.2) is 48.5 Å². The van der Waals surface area contributed by atoms with E-state index in [4.69, 9.17) is 10.5 Å². The van der Waals surface area contributed by atoms with E-state index in [-0.39, 0.29) is 12.1 Å². The molecule has 1 unspecified atom stereocenters. The van der Waals surface area contributed by atoms with Crippen molar-refractivity contribution in [2.24, 2.45) is 0 Å². The van der Waals surface area contributed by atoms with E-state index in [9.17, 15) is 4.79 Å². The Labute approximate surface area is 118 Å². The van der Waals surface area contributed by atoms with Gasteiger partial charge in [0.25, 0.3) is 0 Å². The molecule has 0 spiro atoms.